The van der Waals surface area contributed by atoms with Gasteiger partial charge in [-0.3, -0.25) is 19.7 Å². The van der Waals surface area contributed by atoms with Crippen molar-refractivity contribution in [3.05, 3.63) is 81.8 Å². The lowest BCUT2D eigenvalue weighted by molar-refractivity contribution is 0.0954. The van der Waals surface area contributed by atoms with Gasteiger partial charge in [0.1, 0.15) is 5.82 Å². The third kappa shape index (κ3) is 4.06. The summed E-state index contributed by atoms with van der Waals surface area (Å²) in [6, 6.07) is 8.76. The Balaban J connectivity index is 1.94. The fourth-order valence-electron chi connectivity index (χ4n) is 2.82. The number of halogens is 1. The molecule has 0 bridgehead atoms. The SMILES string of the molecule is CCCc1[nH]n(-c2ccc(F)cc2)c(=O)c1/C(C)=N/NC(=O)c1ccncc1. The molecular weight excluding hydrogens is 361 g/mol. The molecule has 0 spiro atoms. The summed E-state index contributed by atoms with van der Waals surface area (Å²) in [6.45, 7) is 3.65. The maximum absolute atomic E-state index is 13.2. The first-order valence-electron chi connectivity index (χ1n) is 8.86. The van der Waals surface area contributed by atoms with Gasteiger partial charge in [0.15, 0.2) is 0 Å². The number of aromatic amines is 1. The molecule has 0 fully saturated rings. The van der Waals surface area contributed by atoms with Gasteiger partial charge in [-0.2, -0.15) is 5.10 Å². The van der Waals surface area contributed by atoms with Crippen LogP contribution in [-0.4, -0.2) is 26.4 Å². The molecule has 7 nitrogen and oxygen atoms in total. The highest BCUT2D eigenvalue weighted by atomic mass is 19.1. The van der Waals surface area contributed by atoms with Crippen LogP contribution in [0.25, 0.3) is 5.69 Å². The quantitative estimate of drug-likeness (QED) is 0.508. The van der Waals surface area contributed by atoms with Crippen molar-refractivity contribution in [2.75, 3.05) is 0 Å². The number of hydrogen-bond donors (Lipinski definition) is 2. The van der Waals surface area contributed by atoms with E-state index >= 15 is 0 Å². The van der Waals surface area contributed by atoms with Gasteiger partial charge in [0.05, 0.1) is 17.0 Å². The van der Waals surface area contributed by atoms with Crippen LogP contribution in [0.4, 0.5) is 4.39 Å². The van der Waals surface area contributed by atoms with Crippen LogP contribution in [0.15, 0.2) is 58.7 Å². The molecule has 0 saturated carbocycles. The van der Waals surface area contributed by atoms with Gasteiger partial charge in [-0.1, -0.05) is 13.3 Å². The van der Waals surface area contributed by atoms with E-state index in [2.05, 4.69) is 20.6 Å². The lowest BCUT2D eigenvalue weighted by Gasteiger charge is -2.02. The number of carbonyl (C=O) groups is 1. The Morgan fingerprint density at radius 1 is 1.21 bits per heavy atom. The minimum Gasteiger partial charge on any atom is -0.294 e. The maximum atomic E-state index is 13.2. The second-order valence-electron chi connectivity index (χ2n) is 6.21. The van der Waals surface area contributed by atoms with Gasteiger partial charge in [0, 0.05) is 23.7 Å². The van der Waals surface area contributed by atoms with Gasteiger partial charge >= 0.3 is 0 Å². The summed E-state index contributed by atoms with van der Waals surface area (Å²) >= 11 is 0. The van der Waals surface area contributed by atoms with Crippen molar-refractivity contribution in [2.45, 2.75) is 26.7 Å². The molecule has 1 amide bonds. The summed E-state index contributed by atoms with van der Waals surface area (Å²) in [5, 5.41) is 7.17. The van der Waals surface area contributed by atoms with Crippen LogP contribution >= 0.6 is 0 Å². The van der Waals surface area contributed by atoms with Crippen molar-refractivity contribution in [3.8, 4) is 5.69 Å². The van der Waals surface area contributed by atoms with Crippen molar-refractivity contribution in [1.82, 2.24) is 20.2 Å². The van der Waals surface area contributed by atoms with Crippen LogP contribution in [0.3, 0.4) is 0 Å². The van der Waals surface area contributed by atoms with E-state index in [0.29, 0.717) is 34.6 Å². The fourth-order valence-corrected chi connectivity index (χ4v) is 2.82. The summed E-state index contributed by atoms with van der Waals surface area (Å²) in [5.74, 6) is -0.776. The van der Waals surface area contributed by atoms with Crippen molar-refractivity contribution in [2.24, 2.45) is 5.10 Å². The standard InChI is InChI=1S/C20H20FN5O2/c1-3-4-17-18(13(2)23-24-19(27)14-9-11-22-12-10-14)20(28)26(25-17)16-7-5-15(21)6-8-16/h5-12,25H,3-4H2,1-2H3,(H,24,27)/b23-13+. The molecule has 144 valence electrons. The number of carbonyl (C=O) groups excluding carboxylic acids is 1. The van der Waals surface area contributed by atoms with Crippen LogP contribution in [0, 0.1) is 5.82 Å². The summed E-state index contributed by atoms with van der Waals surface area (Å²) in [7, 11) is 0. The number of nitrogens with one attached hydrogen (secondary N) is 2. The molecule has 0 aliphatic carbocycles. The average Bonchev–Trinajstić information content (AvgIpc) is 3.03. The zero-order valence-corrected chi connectivity index (χ0v) is 15.6. The highest BCUT2D eigenvalue weighted by Crippen LogP contribution is 2.11. The Morgan fingerprint density at radius 3 is 2.54 bits per heavy atom. The number of amides is 1. The second-order valence-corrected chi connectivity index (χ2v) is 6.21. The van der Waals surface area contributed by atoms with Crippen LogP contribution in [0.5, 0.6) is 0 Å². The van der Waals surface area contributed by atoms with Gasteiger partial charge in [-0.15, -0.1) is 0 Å². The molecule has 28 heavy (non-hydrogen) atoms. The number of pyridine rings is 1. The van der Waals surface area contributed by atoms with Gasteiger partial charge in [-0.25, -0.2) is 14.5 Å². The monoisotopic (exact) mass is 381 g/mol. The maximum Gasteiger partial charge on any atom is 0.280 e. The van der Waals surface area contributed by atoms with E-state index in [1.165, 1.54) is 41.3 Å². The number of H-pyrrole nitrogens is 1. The largest absolute Gasteiger partial charge is 0.294 e. The Kier molecular flexibility index (Phi) is 5.78. The predicted octanol–water partition coefficient (Wildman–Crippen LogP) is 2.81. The molecular formula is C20H20FN5O2. The van der Waals surface area contributed by atoms with E-state index in [1.807, 2.05) is 6.92 Å². The normalized spacial score (nSPS) is 11.5. The summed E-state index contributed by atoms with van der Waals surface area (Å²) in [5.41, 5.74) is 4.56. The third-order valence-electron chi connectivity index (χ3n) is 4.18. The van der Waals surface area contributed by atoms with E-state index in [9.17, 15) is 14.0 Å². The zero-order valence-electron chi connectivity index (χ0n) is 15.6. The lowest BCUT2D eigenvalue weighted by Crippen LogP contribution is -2.23. The molecule has 3 rings (SSSR count). The smallest absolute Gasteiger partial charge is 0.280 e. The highest BCUT2D eigenvalue weighted by molar-refractivity contribution is 6.01. The van der Waals surface area contributed by atoms with Crippen molar-refractivity contribution in [3.63, 3.8) is 0 Å². The van der Waals surface area contributed by atoms with Crippen LogP contribution in [0.2, 0.25) is 0 Å². The van der Waals surface area contributed by atoms with Crippen molar-refractivity contribution in [1.29, 1.82) is 0 Å². The number of aromatic nitrogens is 3. The van der Waals surface area contributed by atoms with E-state index in [-0.39, 0.29) is 11.4 Å². The highest BCUT2D eigenvalue weighted by Gasteiger charge is 2.18. The molecule has 1 aromatic carbocycles. The number of hydrogen-bond acceptors (Lipinski definition) is 4. The minimum atomic E-state index is -0.395. The lowest BCUT2D eigenvalue weighted by atomic mass is 10.1. The molecule has 0 aliphatic rings. The van der Waals surface area contributed by atoms with E-state index < -0.39 is 5.91 Å². The Labute approximate surface area is 160 Å². The van der Waals surface area contributed by atoms with Gasteiger partial charge in [-0.05, 0) is 49.7 Å². The molecule has 0 atom stereocenters. The van der Waals surface area contributed by atoms with Crippen molar-refractivity contribution < 1.29 is 9.18 Å². The Bertz CT molecular complexity index is 1050. The fraction of sp³-hybridized carbons (Fsp3) is 0.200. The topological polar surface area (TPSA) is 92.1 Å². The van der Waals surface area contributed by atoms with E-state index in [4.69, 9.17) is 0 Å². The van der Waals surface area contributed by atoms with Crippen molar-refractivity contribution >= 4 is 11.6 Å². The minimum absolute atomic E-state index is 0.311. The number of rotatable bonds is 6. The van der Waals surface area contributed by atoms with Crippen LogP contribution in [-0.2, 0) is 6.42 Å². The van der Waals surface area contributed by atoms with Crippen LogP contribution < -0.4 is 11.0 Å². The Morgan fingerprint density at radius 2 is 1.89 bits per heavy atom. The molecule has 0 aliphatic heterocycles. The third-order valence-corrected chi connectivity index (χ3v) is 4.18. The van der Waals surface area contributed by atoms with E-state index in [0.717, 1.165) is 6.42 Å². The summed E-state index contributed by atoms with van der Waals surface area (Å²) < 4.78 is 14.5. The van der Waals surface area contributed by atoms with Gasteiger partial charge in [0.25, 0.3) is 11.5 Å². The number of hydrazone groups is 1. The molecule has 3 aromatic rings. The first-order chi connectivity index (χ1) is 13.5. The van der Waals surface area contributed by atoms with Crippen LogP contribution in [0.1, 0.15) is 41.9 Å². The van der Waals surface area contributed by atoms with E-state index in [1.54, 1.807) is 19.1 Å². The number of aryl methyl sites for hydroxylation is 1. The summed E-state index contributed by atoms with van der Waals surface area (Å²) in [4.78, 5) is 29.0. The molecule has 2 N–H and O–H groups in total. The Hall–Kier alpha value is -3.55. The average molecular weight is 381 g/mol. The number of benzene rings is 1. The first kappa shape index (κ1) is 19.2. The zero-order chi connectivity index (χ0) is 20.1. The summed E-state index contributed by atoms with van der Waals surface area (Å²) in [6.07, 6.45) is 4.47. The first-order valence-corrected chi connectivity index (χ1v) is 8.86. The second kappa shape index (κ2) is 8.43. The molecule has 0 saturated heterocycles. The molecule has 2 heterocycles. The number of nitrogens with zero attached hydrogens (tertiary/aromatic N) is 3. The van der Waals surface area contributed by atoms with Gasteiger partial charge < -0.3 is 0 Å². The van der Waals surface area contributed by atoms with Gasteiger partial charge in [0.2, 0.25) is 0 Å². The molecule has 0 radical (unpaired) electrons. The molecule has 8 heteroatoms. The molecule has 2 aromatic heterocycles. The predicted molar refractivity (Wildman–Crippen MR) is 104 cm³/mol. The molecule has 0 unspecified atom stereocenters.